The molecular formula is C68H38N4O2. The molecule has 0 unspecified atom stereocenters. The molecule has 11 aromatic carbocycles. The zero-order valence-electron chi connectivity index (χ0n) is 39.5. The van der Waals surface area contributed by atoms with Crippen LogP contribution < -0.4 is 0 Å². The van der Waals surface area contributed by atoms with E-state index in [9.17, 15) is 10.5 Å². The predicted molar refractivity (Wildman–Crippen MR) is 301 cm³/mol. The van der Waals surface area contributed by atoms with E-state index in [-0.39, 0.29) is 0 Å². The smallest absolute Gasteiger partial charge is 0.135 e. The van der Waals surface area contributed by atoms with Gasteiger partial charge in [0.2, 0.25) is 0 Å². The Morgan fingerprint density at radius 2 is 0.568 bits per heavy atom. The molecule has 15 rings (SSSR count). The summed E-state index contributed by atoms with van der Waals surface area (Å²) in [4.78, 5) is 0. The standard InChI is InChI=1S/C68H38N4O2/c69-39-55-65(41-15-3-1-4-16-41)67(43-27-31-61-51(35-43)53-37-45(29-33-63(53)73-61)71-57-23-11-7-19-47(57)48-20-8-12-24-58(48)71)56(40-70)66(42-17-5-2-6-18-42)68(55)44-28-32-62-52(36-44)54-38-46(30-34-64(54)74-62)72-59-25-13-9-21-49(59)50-22-10-14-26-60(50)72/h1-38H. The second-order valence-corrected chi connectivity index (χ2v) is 18.9. The maximum Gasteiger partial charge on any atom is 0.135 e. The third-order valence-corrected chi connectivity index (χ3v) is 15.0. The van der Waals surface area contributed by atoms with E-state index in [1.165, 1.54) is 21.5 Å². The number of aromatic nitrogens is 2. The van der Waals surface area contributed by atoms with Crippen LogP contribution in [0.2, 0.25) is 0 Å². The van der Waals surface area contributed by atoms with Crippen molar-refractivity contribution in [2.45, 2.75) is 0 Å². The van der Waals surface area contributed by atoms with Gasteiger partial charge < -0.3 is 18.0 Å². The Kier molecular flexibility index (Phi) is 8.99. The Hall–Kier alpha value is -10.4. The van der Waals surface area contributed by atoms with E-state index in [1.54, 1.807) is 0 Å². The van der Waals surface area contributed by atoms with Crippen molar-refractivity contribution in [1.82, 2.24) is 9.13 Å². The van der Waals surface area contributed by atoms with Crippen molar-refractivity contribution in [3.05, 3.63) is 242 Å². The van der Waals surface area contributed by atoms with Crippen molar-refractivity contribution in [1.29, 1.82) is 10.5 Å². The zero-order chi connectivity index (χ0) is 49.0. The van der Waals surface area contributed by atoms with Crippen LogP contribution in [0.15, 0.2) is 239 Å². The lowest BCUT2D eigenvalue weighted by atomic mass is 9.77. The number of hydrogen-bond donors (Lipinski definition) is 0. The minimum atomic E-state index is 0.466. The summed E-state index contributed by atoms with van der Waals surface area (Å²) >= 11 is 0. The van der Waals surface area contributed by atoms with Gasteiger partial charge in [-0.25, -0.2) is 0 Å². The van der Waals surface area contributed by atoms with E-state index in [0.29, 0.717) is 33.4 Å². The Morgan fingerprint density at radius 1 is 0.270 bits per heavy atom. The van der Waals surface area contributed by atoms with Gasteiger partial charge in [-0.05, 0) is 107 Å². The summed E-state index contributed by atoms with van der Waals surface area (Å²) in [5.41, 5.74) is 16.4. The molecule has 0 aliphatic carbocycles. The summed E-state index contributed by atoms with van der Waals surface area (Å²) in [6.45, 7) is 0. The molecule has 0 saturated carbocycles. The van der Waals surface area contributed by atoms with Crippen molar-refractivity contribution < 1.29 is 8.83 Å². The van der Waals surface area contributed by atoms with E-state index in [4.69, 9.17) is 8.83 Å². The quantitative estimate of drug-likeness (QED) is 0.166. The van der Waals surface area contributed by atoms with Crippen LogP contribution in [0.1, 0.15) is 11.1 Å². The van der Waals surface area contributed by atoms with E-state index in [2.05, 4.69) is 155 Å². The van der Waals surface area contributed by atoms with Gasteiger partial charge >= 0.3 is 0 Å². The molecule has 4 aromatic heterocycles. The number of nitriles is 2. The van der Waals surface area contributed by atoms with Gasteiger partial charge in [-0.15, -0.1) is 0 Å². The van der Waals surface area contributed by atoms with Crippen LogP contribution in [0, 0.1) is 22.7 Å². The fourth-order valence-electron chi connectivity index (χ4n) is 11.9. The maximum absolute atomic E-state index is 11.8. The lowest BCUT2D eigenvalue weighted by molar-refractivity contribution is 0.668. The first kappa shape index (κ1) is 41.4. The van der Waals surface area contributed by atoms with Crippen molar-refractivity contribution in [2.75, 3.05) is 0 Å². The highest BCUT2D eigenvalue weighted by Crippen LogP contribution is 2.50. The molecule has 0 radical (unpaired) electrons. The third-order valence-electron chi connectivity index (χ3n) is 15.0. The zero-order valence-corrected chi connectivity index (χ0v) is 39.5. The fraction of sp³-hybridized carbons (Fsp3) is 0. The van der Waals surface area contributed by atoms with Gasteiger partial charge in [-0.3, -0.25) is 0 Å². The van der Waals surface area contributed by atoms with Crippen LogP contribution in [0.3, 0.4) is 0 Å². The molecule has 74 heavy (non-hydrogen) atoms. The number of furan rings is 2. The summed E-state index contributed by atoms with van der Waals surface area (Å²) in [6.07, 6.45) is 0. The first-order chi connectivity index (χ1) is 36.6. The van der Waals surface area contributed by atoms with Gasteiger partial charge in [0.15, 0.2) is 0 Å². The van der Waals surface area contributed by atoms with Crippen LogP contribution in [-0.4, -0.2) is 9.13 Å². The van der Waals surface area contributed by atoms with Crippen molar-refractivity contribution in [3.63, 3.8) is 0 Å². The van der Waals surface area contributed by atoms with E-state index in [1.807, 2.05) is 97.1 Å². The van der Waals surface area contributed by atoms with Gasteiger partial charge in [-0.1, -0.05) is 146 Å². The van der Waals surface area contributed by atoms with Crippen LogP contribution >= 0.6 is 0 Å². The highest BCUT2D eigenvalue weighted by atomic mass is 16.3. The minimum Gasteiger partial charge on any atom is -0.456 e. The first-order valence-electron chi connectivity index (χ1n) is 24.7. The number of para-hydroxylation sites is 4. The highest BCUT2D eigenvalue weighted by molar-refractivity contribution is 6.14. The molecular weight excluding hydrogens is 905 g/mol. The number of rotatable bonds is 6. The average molecular weight is 943 g/mol. The molecule has 0 saturated heterocycles. The van der Waals surface area contributed by atoms with Crippen LogP contribution in [0.25, 0.3) is 143 Å². The molecule has 15 aromatic rings. The van der Waals surface area contributed by atoms with Gasteiger partial charge in [0, 0.05) is 76.7 Å². The topological polar surface area (TPSA) is 83.7 Å². The summed E-state index contributed by atoms with van der Waals surface area (Å²) in [5, 5.41) is 32.0. The molecule has 0 amide bonds. The number of nitrogens with zero attached hydrogens (tertiary/aromatic N) is 4. The Morgan fingerprint density at radius 3 is 0.919 bits per heavy atom. The summed E-state index contributed by atoms with van der Waals surface area (Å²) < 4.78 is 17.8. The van der Waals surface area contributed by atoms with E-state index >= 15 is 0 Å². The molecule has 0 spiro atoms. The molecule has 0 fully saturated rings. The molecule has 0 atom stereocenters. The second kappa shape index (κ2) is 16.1. The average Bonchev–Trinajstić information content (AvgIpc) is 4.24. The SMILES string of the molecule is N#Cc1c(-c2ccccc2)c(-c2ccc3oc4ccc(-n5c6ccccc6c6ccccc65)cc4c3c2)c(C#N)c(-c2ccccc2)c1-c1ccc2oc3ccc(-n4c5ccccc5c5ccccc54)cc3c2c1. The van der Waals surface area contributed by atoms with Gasteiger partial charge in [0.25, 0.3) is 0 Å². The summed E-state index contributed by atoms with van der Waals surface area (Å²) in [6, 6.07) is 84.5. The molecule has 0 bridgehead atoms. The summed E-state index contributed by atoms with van der Waals surface area (Å²) in [7, 11) is 0. The number of hydrogen-bond acceptors (Lipinski definition) is 4. The molecule has 0 N–H and O–H groups in total. The van der Waals surface area contributed by atoms with Crippen molar-refractivity contribution >= 4 is 87.5 Å². The van der Waals surface area contributed by atoms with Gasteiger partial charge in [-0.2, -0.15) is 10.5 Å². The third kappa shape index (κ3) is 6.04. The Bertz CT molecular complexity index is 4500. The van der Waals surface area contributed by atoms with Crippen molar-refractivity contribution in [3.8, 4) is 68.0 Å². The maximum atomic E-state index is 11.8. The van der Waals surface area contributed by atoms with Gasteiger partial charge in [0.05, 0.1) is 33.2 Å². The van der Waals surface area contributed by atoms with Crippen LogP contribution in [0.4, 0.5) is 0 Å². The fourth-order valence-corrected chi connectivity index (χ4v) is 11.9. The largest absolute Gasteiger partial charge is 0.456 e. The lowest BCUT2D eigenvalue weighted by Gasteiger charge is -2.23. The van der Waals surface area contributed by atoms with Gasteiger partial charge in [0.1, 0.15) is 34.5 Å². The predicted octanol–water partition coefficient (Wildman–Crippen LogP) is 18.1. The summed E-state index contributed by atoms with van der Waals surface area (Å²) in [5.74, 6) is 0. The second-order valence-electron chi connectivity index (χ2n) is 18.9. The molecule has 6 nitrogen and oxygen atoms in total. The van der Waals surface area contributed by atoms with Crippen molar-refractivity contribution in [2.24, 2.45) is 0 Å². The van der Waals surface area contributed by atoms with Crippen LogP contribution in [-0.2, 0) is 0 Å². The first-order valence-corrected chi connectivity index (χ1v) is 24.7. The highest BCUT2D eigenvalue weighted by Gasteiger charge is 2.29. The van der Waals surface area contributed by atoms with Crippen LogP contribution in [0.5, 0.6) is 0 Å². The molecule has 0 aliphatic rings. The minimum absolute atomic E-state index is 0.466. The number of fused-ring (bicyclic) bond motifs is 12. The lowest BCUT2D eigenvalue weighted by Crippen LogP contribution is -2.02. The molecule has 0 aliphatic heterocycles. The van der Waals surface area contributed by atoms with E-state index < -0.39 is 0 Å². The Balaban J connectivity index is 0.980. The normalized spacial score (nSPS) is 11.8. The number of benzene rings is 11. The monoisotopic (exact) mass is 942 g/mol. The van der Waals surface area contributed by atoms with E-state index in [0.717, 1.165) is 99.6 Å². The molecule has 4 heterocycles. The Labute approximate surface area is 423 Å². The molecule has 342 valence electrons. The molecule has 6 heteroatoms.